The summed E-state index contributed by atoms with van der Waals surface area (Å²) < 4.78 is 1.80. The van der Waals surface area contributed by atoms with Gasteiger partial charge in [0, 0.05) is 28.3 Å². The van der Waals surface area contributed by atoms with Crippen molar-refractivity contribution < 1.29 is 4.79 Å². The predicted octanol–water partition coefficient (Wildman–Crippen LogP) is 6.79. The highest BCUT2D eigenvalue weighted by atomic mass is 32.2. The highest BCUT2D eigenvalue weighted by Gasteiger charge is 2.19. The molecule has 1 aromatic heterocycles. The summed E-state index contributed by atoms with van der Waals surface area (Å²) in [6, 6.07) is 20.5. The standard InChI is InChI=1S/C29H32N4OS/c1-2-3-18-35-27-16-14-22(15-17-27)28-24(21-33(32-28)26-12-8-5-9-13-26)19-23(20-30)29(34)31-25-10-6-4-7-11-25/h5,8-9,12-17,19,21,25H,2-4,6-7,10-11,18H2,1H3,(H,31,34). The number of nitrogens with zero attached hydrogens (tertiary/aromatic N) is 3. The van der Waals surface area contributed by atoms with Gasteiger partial charge in [0.1, 0.15) is 11.6 Å². The zero-order valence-electron chi connectivity index (χ0n) is 20.2. The van der Waals surface area contributed by atoms with Crippen molar-refractivity contribution in [1.82, 2.24) is 15.1 Å². The molecule has 1 fully saturated rings. The molecule has 1 aliphatic carbocycles. The lowest BCUT2D eigenvalue weighted by molar-refractivity contribution is -0.117. The second kappa shape index (κ2) is 12.4. The SMILES string of the molecule is CCCCSc1ccc(-c2nn(-c3ccccc3)cc2C=C(C#N)C(=O)NC2CCCCC2)cc1. The van der Waals surface area contributed by atoms with Crippen LogP contribution in [0.2, 0.25) is 0 Å². The van der Waals surface area contributed by atoms with Gasteiger partial charge in [-0.05, 0) is 55.4 Å². The second-order valence-electron chi connectivity index (χ2n) is 8.92. The summed E-state index contributed by atoms with van der Waals surface area (Å²) in [5.41, 5.74) is 3.48. The van der Waals surface area contributed by atoms with E-state index in [-0.39, 0.29) is 17.5 Å². The van der Waals surface area contributed by atoms with Crippen LogP contribution in [0.5, 0.6) is 0 Å². The van der Waals surface area contributed by atoms with Crippen LogP contribution in [-0.4, -0.2) is 27.5 Å². The average Bonchev–Trinajstić information content (AvgIpc) is 3.33. The fourth-order valence-electron chi connectivity index (χ4n) is 4.29. The third-order valence-corrected chi connectivity index (χ3v) is 7.36. The number of amides is 1. The van der Waals surface area contributed by atoms with Crippen LogP contribution < -0.4 is 5.32 Å². The van der Waals surface area contributed by atoms with Gasteiger partial charge in [-0.2, -0.15) is 10.4 Å². The number of nitriles is 1. The molecule has 0 aliphatic heterocycles. The van der Waals surface area contributed by atoms with Crippen molar-refractivity contribution in [3.05, 3.63) is 71.9 Å². The van der Waals surface area contributed by atoms with E-state index >= 15 is 0 Å². The molecule has 6 heteroatoms. The molecule has 0 saturated heterocycles. The monoisotopic (exact) mass is 484 g/mol. The van der Waals surface area contributed by atoms with Crippen molar-refractivity contribution in [2.75, 3.05) is 5.75 Å². The maximum atomic E-state index is 12.9. The first kappa shape index (κ1) is 24.8. The van der Waals surface area contributed by atoms with Crippen molar-refractivity contribution in [3.63, 3.8) is 0 Å². The van der Waals surface area contributed by atoms with Gasteiger partial charge in [-0.1, -0.05) is 62.9 Å². The van der Waals surface area contributed by atoms with Gasteiger partial charge in [0.15, 0.2) is 0 Å². The van der Waals surface area contributed by atoms with Gasteiger partial charge >= 0.3 is 0 Å². The topological polar surface area (TPSA) is 70.7 Å². The maximum Gasteiger partial charge on any atom is 0.262 e. The summed E-state index contributed by atoms with van der Waals surface area (Å²) in [6.45, 7) is 2.20. The fraction of sp³-hybridized carbons (Fsp3) is 0.345. The predicted molar refractivity (Wildman–Crippen MR) is 143 cm³/mol. The van der Waals surface area contributed by atoms with E-state index < -0.39 is 0 Å². The number of unbranched alkanes of at least 4 members (excludes halogenated alkanes) is 1. The van der Waals surface area contributed by atoms with Gasteiger partial charge < -0.3 is 5.32 Å². The molecule has 2 aromatic carbocycles. The molecule has 4 rings (SSSR count). The molecule has 0 spiro atoms. The van der Waals surface area contributed by atoms with E-state index in [1.165, 1.54) is 24.2 Å². The smallest absolute Gasteiger partial charge is 0.262 e. The molecule has 0 bridgehead atoms. The Morgan fingerprint density at radius 3 is 2.57 bits per heavy atom. The molecule has 1 aliphatic rings. The molecule has 0 radical (unpaired) electrons. The Hall–Kier alpha value is -3.30. The lowest BCUT2D eigenvalue weighted by Crippen LogP contribution is -2.36. The van der Waals surface area contributed by atoms with Crippen molar-refractivity contribution in [2.45, 2.75) is 62.8 Å². The quantitative estimate of drug-likeness (QED) is 0.157. The lowest BCUT2D eigenvalue weighted by atomic mass is 9.95. The van der Waals surface area contributed by atoms with Crippen LogP contribution in [0.15, 0.2) is 71.3 Å². The second-order valence-corrected chi connectivity index (χ2v) is 10.1. The van der Waals surface area contributed by atoms with E-state index in [9.17, 15) is 10.1 Å². The highest BCUT2D eigenvalue weighted by Crippen LogP contribution is 2.29. The van der Waals surface area contributed by atoms with Gasteiger partial charge in [0.25, 0.3) is 5.91 Å². The number of carbonyl (C=O) groups is 1. The van der Waals surface area contributed by atoms with Crippen LogP contribution in [0.4, 0.5) is 0 Å². The Kier molecular flexibility index (Phi) is 8.80. The Balaban J connectivity index is 1.65. The van der Waals surface area contributed by atoms with E-state index in [2.05, 4.69) is 42.6 Å². The Morgan fingerprint density at radius 2 is 1.89 bits per heavy atom. The number of aromatic nitrogens is 2. The molecule has 180 valence electrons. The zero-order valence-corrected chi connectivity index (χ0v) is 21.1. The number of hydrogen-bond donors (Lipinski definition) is 1. The third-order valence-electron chi connectivity index (χ3n) is 6.26. The summed E-state index contributed by atoms with van der Waals surface area (Å²) in [5.74, 6) is 0.800. The summed E-state index contributed by atoms with van der Waals surface area (Å²) >= 11 is 1.86. The third kappa shape index (κ3) is 6.64. The molecule has 3 aromatic rings. The van der Waals surface area contributed by atoms with Gasteiger partial charge in [-0.25, -0.2) is 4.68 Å². The molecule has 1 amide bonds. The number of benzene rings is 2. The molecular formula is C29H32N4OS. The average molecular weight is 485 g/mol. The Bertz CT molecular complexity index is 1190. The summed E-state index contributed by atoms with van der Waals surface area (Å²) in [4.78, 5) is 14.1. The van der Waals surface area contributed by atoms with E-state index in [1.54, 1.807) is 10.8 Å². The number of nitrogens with one attached hydrogen (secondary N) is 1. The van der Waals surface area contributed by atoms with Crippen molar-refractivity contribution >= 4 is 23.7 Å². The van der Waals surface area contributed by atoms with Crippen molar-refractivity contribution in [3.8, 4) is 23.0 Å². The van der Waals surface area contributed by atoms with Crippen molar-refractivity contribution in [2.24, 2.45) is 0 Å². The molecule has 1 N–H and O–H groups in total. The summed E-state index contributed by atoms with van der Waals surface area (Å²) in [5, 5.41) is 17.7. The maximum absolute atomic E-state index is 12.9. The first-order valence-electron chi connectivity index (χ1n) is 12.5. The van der Waals surface area contributed by atoms with E-state index in [4.69, 9.17) is 5.10 Å². The zero-order chi connectivity index (χ0) is 24.5. The van der Waals surface area contributed by atoms with Gasteiger partial charge in [-0.3, -0.25) is 4.79 Å². The van der Waals surface area contributed by atoms with Gasteiger partial charge in [0.2, 0.25) is 0 Å². The van der Waals surface area contributed by atoms with Gasteiger partial charge in [-0.15, -0.1) is 11.8 Å². The van der Waals surface area contributed by atoms with Crippen LogP contribution in [0.1, 0.15) is 57.4 Å². The Morgan fingerprint density at radius 1 is 1.14 bits per heavy atom. The number of rotatable bonds is 9. The first-order valence-corrected chi connectivity index (χ1v) is 13.5. The minimum atomic E-state index is -0.305. The number of carbonyl (C=O) groups excluding carboxylic acids is 1. The normalized spacial score (nSPS) is 14.5. The van der Waals surface area contributed by atoms with Crippen LogP contribution in [-0.2, 0) is 4.79 Å². The molecule has 0 unspecified atom stereocenters. The van der Waals surface area contributed by atoms with E-state index in [1.807, 2.05) is 48.3 Å². The molecule has 1 saturated carbocycles. The van der Waals surface area contributed by atoms with E-state index in [0.717, 1.165) is 53.9 Å². The number of hydrogen-bond acceptors (Lipinski definition) is 4. The molecule has 1 heterocycles. The molecule has 5 nitrogen and oxygen atoms in total. The number of para-hydroxylation sites is 1. The molecule has 35 heavy (non-hydrogen) atoms. The van der Waals surface area contributed by atoms with E-state index in [0.29, 0.717) is 0 Å². The lowest BCUT2D eigenvalue weighted by Gasteiger charge is -2.22. The minimum Gasteiger partial charge on any atom is -0.349 e. The van der Waals surface area contributed by atoms with Crippen LogP contribution in [0, 0.1) is 11.3 Å². The Labute approximate surface area is 212 Å². The van der Waals surface area contributed by atoms with Crippen LogP contribution >= 0.6 is 11.8 Å². The first-order chi connectivity index (χ1) is 17.2. The van der Waals surface area contributed by atoms with Crippen LogP contribution in [0.25, 0.3) is 23.0 Å². The van der Waals surface area contributed by atoms with Crippen molar-refractivity contribution in [1.29, 1.82) is 5.26 Å². The minimum absolute atomic E-state index is 0.108. The fourth-order valence-corrected chi connectivity index (χ4v) is 5.29. The largest absolute Gasteiger partial charge is 0.349 e. The molecular weight excluding hydrogens is 452 g/mol. The highest BCUT2D eigenvalue weighted by molar-refractivity contribution is 7.99. The number of thioether (sulfide) groups is 1. The summed E-state index contributed by atoms with van der Waals surface area (Å²) in [7, 11) is 0. The molecule has 0 atom stereocenters. The van der Waals surface area contributed by atoms with Crippen LogP contribution in [0.3, 0.4) is 0 Å². The van der Waals surface area contributed by atoms with Gasteiger partial charge in [0.05, 0.1) is 11.4 Å². The summed E-state index contributed by atoms with van der Waals surface area (Å²) in [6.07, 6.45) is 11.4.